The smallest absolute Gasteiger partial charge is 0.225 e. The van der Waals surface area contributed by atoms with Gasteiger partial charge in [0.05, 0.1) is 0 Å². The first-order valence-electron chi connectivity index (χ1n) is 8.12. The minimum atomic E-state index is 0.186. The van der Waals surface area contributed by atoms with E-state index in [1.165, 1.54) is 25.7 Å². The second-order valence-electron chi connectivity index (χ2n) is 6.84. The van der Waals surface area contributed by atoms with Crippen LogP contribution in [-0.4, -0.2) is 29.9 Å². The van der Waals surface area contributed by atoms with E-state index in [4.69, 9.17) is 5.73 Å². The Morgan fingerprint density at radius 2 is 2.00 bits per heavy atom. The molecule has 3 heteroatoms. The van der Waals surface area contributed by atoms with Crippen molar-refractivity contribution in [1.29, 1.82) is 0 Å². The van der Waals surface area contributed by atoms with E-state index >= 15 is 0 Å². The van der Waals surface area contributed by atoms with Crippen molar-refractivity contribution in [2.45, 2.75) is 64.8 Å². The number of nitrogens with zero attached hydrogens (tertiary/aromatic N) is 1. The number of rotatable bonds is 4. The van der Waals surface area contributed by atoms with Crippen LogP contribution in [0.25, 0.3) is 0 Å². The van der Waals surface area contributed by atoms with Gasteiger partial charge in [0, 0.05) is 25.0 Å². The summed E-state index contributed by atoms with van der Waals surface area (Å²) in [4.78, 5) is 14.7. The molecule has 0 aromatic rings. The molecule has 0 aromatic heterocycles. The summed E-state index contributed by atoms with van der Waals surface area (Å²) in [6.07, 6.45) is 8.68. The molecule has 0 radical (unpaired) electrons. The molecule has 2 fully saturated rings. The van der Waals surface area contributed by atoms with Crippen molar-refractivity contribution in [2.24, 2.45) is 23.5 Å². The second-order valence-corrected chi connectivity index (χ2v) is 6.84. The minimum Gasteiger partial charge on any atom is -0.338 e. The molecule has 110 valence electrons. The lowest BCUT2D eigenvalue weighted by atomic mass is 9.89. The topological polar surface area (TPSA) is 46.3 Å². The number of hydrogen-bond donors (Lipinski definition) is 1. The predicted octanol–water partition coefficient (Wildman–Crippen LogP) is 2.79. The van der Waals surface area contributed by atoms with Crippen LogP contribution in [0.15, 0.2) is 0 Å². The van der Waals surface area contributed by atoms with Crippen molar-refractivity contribution in [1.82, 2.24) is 4.90 Å². The fourth-order valence-corrected chi connectivity index (χ4v) is 3.90. The predicted molar refractivity (Wildman–Crippen MR) is 78.7 cm³/mol. The van der Waals surface area contributed by atoms with E-state index in [0.717, 1.165) is 31.7 Å². The standard InChI is InChI=1S/C16H30N2O/c1-12-7-8-18(15(9-12)11-17)16(19)13(2)10-14-5-3-4-6-14/h12-15H,3-11,17H2,1-2H3. The molecular weight excluding hydrogens is 236 g/mol. The van der Waals surface area contributed by atoms with E-state index in [-0.39, 0.29) is 12.0 Å². The highest BCUT2D eigenvalue weighted by atomic mass is 16.2. The van der Waals surface area contributed by atoms with Crippen LogP contribution in [0.3, 0.4) is 0 Å². The molecule has 2 aliphatic rings. The first kappa shape index (κ1) is 14.8. The average Bonchev–Trinajstić information content (AvgIpc) is 2.90. The summed E-state index contributed by atoms with van der Waals surface area (Å²) in [6.45, 7) is 5.92. The van der Waals surface area contributed by atoms with Gasteiger partial charge in [-0.1, -0.05) is 39.5 Å². The van der Waals surface area contributed by atoms with Crippen molar-refractivity contribution in [2.75, 3.05) is 13.1 Å². The van der Waals surface area contributed by atoms with E-state index < -0.39 is 0 Å². The van der Waals surface area contributed by atoms with Gasteiger partial charge in [-0.2, -0.15) is 0 Å². The summed E-state index contributed by atoms with van der Waals surface area (Å²) >= 11 is 0. The van der Waals surface area contributed by atoms with Gasteiger partial charge in [-0.05, 0) is 31.1 Å². The van der Waals surface area contributed by atoms with Gasteiger partial charge in [-0.25, -0.2) is 0 Å². The molecule has 3 unspecified atom stereocenters. The summed E-state index contributed by atoms with van der Waals surface area (Å²) in [5.74, 6) is 2.04. The van der Waals surface area contributed by atoms with Gasteiger partial charge in [0.15, 0.2) is 0 Å². The molecule has 3 nitrogen and oxygen atoms in total. The fourth-order valence-electron chi connectivity index (χ4n) is 3.90. The quantitative estimate of drug-likeness (QED) is 0.850. The Hall–Kier alpha value is -0.570. The normalized spacial score (nSPS) is 30.6. The molecule has 1 amide bonds. The Morgan fingerprint density at radius 1 is 1.32 bits per heavy atom. The van der Waals surface area contributed by atoms with E-state index in [0.29, 0.717) is 18.4 Å². The van der Waals surface area contributed by atoms with Gasteiger partial charge in [0.1, 0.15) is 0 Å². The van der Waals surface area contributed by atoms with Crippen LogP contribution in [-0.2, 0) is 4.79 Å². The third-order valence-corrected chi connectivity index (χ3v) is 5.12. The molecule has 0 spiro atoms. The van der Waals surface area contributed by atoms with Gasteiger partial charge >= 0.3 is 0 Å². The van der Waals surface area contributed by atoms with E-state index in [9.17, 15) is 4.79 Å². The van der Waals surface area contributed by atoms with E-state index in [2.05, 4.69) is 18.7 Å². The molecule has 3 atom stereocenters. The van der Waals surface area contributed by atoms with Crippen molar-refractivity contribution >= 4 is 5.91 Å². The first-order valence-corrected chi connectivity index (χ1v) is 8.12. The molecule has 19 heavy (non-hydrogen) atoms. The number of hydrogen-bond acceptors (Lipinski definition) is 2. The molecule has 1 saturated heterocycles. The Bertz CT molecular complexity index is 299. The largest absolute Gasteiger partial charge is 0.338 e. The summed E-state index contributed by atoms with van der Waals surface area (Å²) in [7, 11) is 0. The van der Waals surface area contributed by atoms with Gasteiger partial charge in [0.25, 0.3) is 0 Å². The lowest BCUT2D eigenvalue weighted by Crippen LogP contribution is -2.51. The second kappa shape index (κ2) is 6.74. The maximum atomic E-state index is 12.6. The highest BCUT2D eigenvalue weighted by Crippen LogP contribution is 2.32. The summed E-state index contributed by atoms with van der Waals surface area (Å²) in [6, 6.07) is 0.280. The van der Waals surface area contributed by atoms with Crippen LogP contribution in [0, 0.1) is 17.8 Å². The van der Waals surface area contributed by atoms with Crippen LogP contribution in [0.2, 0.25) is 0 Å². The summed E-state index contributed by atoms with van der Waals surface area (Å²) < 4.78 is 0. The zero-order valence-corrected chi connectivity index (χ0v) is 12.6. The SMILES string of the molecule is CC1CCN(C(=O)C(C)CC2CCCC2)C(CN)C1. The molecule has 1 aliphatic heterocycles. The maximum Gasteiger partial charge on any atom is 0.225 e. The number of likely N-dealkylation sites (tertiary alicyclic amines) is 1. The van der Waals surface area contributed by atoms with Crippen molar-refractivity contribution in [3.63, 3.8) is 0 Å². The van der Waals surface area contributed by atoms with Crippen molar-refractivity contribution in [3.05, 3.63) is 0 Å². The fraction of sp³-hybridized carbons (Fsp3) is 0.938. The molecule has 0 bridgehead atoms. The van der Waals surface area contributed by atoms with Gasteiger partial charge in [-0.15, -0.1) is 0 Å². The Kier molecular flexibility index (Phi) is 5.26. The average molecular weight is 266 g/mol. The monoisotopic (exact) mass is 266 g/mol. The molecule has 1 heterocycles. The molecule has 2 rings (SSSR count). The Labute approximate surface area is 117 Å². The van der Waals surface area contributed by atoms with Gasteiger partial charge < -0.3 is 10.6 Å². The highest BCUT2D eigenvalue weighted by molar-refractivity contribution is 5.79. The lowest BCUT2D eigenvalue weighted by molar-refractivity contribution is -0.139. The lowest BCUT2D eigenvalue weighted by Gasteiger charge is -2.39. The number of nitrogens with two attached hydrogens (primary N) is 1. The van der Waals surface area contributed by atoms with Crippen LogP contribution >= 0.6 is 0 Å². The van der Waals surface area contributed by atoms with E-state index in [1.807, 2.05) is 0 Å². The first-order chi connectivity index (χ1) is 9.11. The molecular formula is C16H30N2O. The van der Waals surface area contributed by atoms with Crippen LogP contribution in [0.1, 0.15) is 58.8 Å². The highest BCUT2D eigenvalue weighted by Gasteiger charge is 2.32. The van der Waals surface area contributed by atoms with Gasteiger partial charge in [-0.3, -0.25) is 4.79 Å². The molecule has 0 aromatic carbocycles. The van der Waals surface area contributed by atoms with Crippen LogP contribution in [0.5, 0.6) is 0 Å². The minimum absolute atomic E-state index is 0.186. The van der Waals surface area contributed by atoms with E-state index in [1.54, 1.807) is 0 Å². The third-order valence-electron chi connectivity index (χ3n) is 5.12. The van der Waals surface area contributed by atoms with Crippen LogP contribution in [0.4, 0.5) is 0 Å². The Morgan fingerprint density at radius 3 is 2.63 bits per heavy atom. The zero-order chi connectivity index (χ0) is 13.8. The molecule has 1 aliphatic carbocycles. The zero-order valence-electron chi connectivity index (χ0n) is 12.6. The molecule has 2 N–H and O–H groups in total. The number of carbonyl (C=O) groups excluding carboxylic acids is 1. The number of amides is 1. The summed E-state index contributed by atoms with van der Waals surface area (Å²) in [5, 5.41) is 0. The number of carbonyl (C=O) groups is 1. The number of piperidine rings is 1. The van der Waals surface area contributed by atoms with Crippen molar-refractivity contribution in [3.8, 4) is 0 Å². The molecule has 1 saturated carbocycles. The van der Waals surface area contributed by atoms with Crippen molar-refractivity contribution < 1.29 is 4.79 Å². The third kappa shape index (κ3) is 3.71. The van der Waals surface area contributed by atoms with Gasteiger partial charge in [0.2, 0.25) is 5.91 Å². The van der Waals surface area contributed by atoms with Crippen LogP contribution < -0.4 is 5.73 Å². The maximum absolute atomic E-state index is 12.6. The summed E-state index contributed by atoms with van der Waals surface area (Å²) in [5.41, 5.74) is 5.86. The Balaban J connectivity index is 1.89.